The van der Waals surface area contributed by atoms with E-state index in [1.165, 1.54) is 7.11 Å². The fourth-order valence-corrected chi connectivity index (χ4v) is 2.22. The van der Waals surface area contributed by atoms with Crippen LogP contribution in [0, 0.1) is 5.92 Å². The topological polar surface area (TPSA) is 35.5 Å². The first-order chi connectivity index (χ1) is 6.26. The summed E-state index contributed by atoms with van der Waals surface area (Å²) in [6.07, 6.45) is 6.74. The van der Waals surface area contributed by atoms with Gasteiger partial charge in [0.25, 0.3) is 0 Å². The Balaban J connectivity index is 2.01. The molecule has 1 aliphatic heterocycles. The molecule has 2 atom stereocenters. The second kappa shape index (κ2) is 3.14. The Labute approximate surface area is 77.7 Å². The number of ether oxygens (including phenoxy) is 2. The third-order valence-corrected chi connectivity index (χ3v) is 2.93. The molecule has 0 saturated heterocycles. The Morgan fingerprint density at radius 3 is 3.15 bits per heavy atom. The van der Waals surface area contributed by atoms with E-state index in [2.05, 4.69) is 6.08 Å². The fraction of sp³-hybridized carbons (Fsp3) is 0.700. The predicted octanol–water partition coefficient (Wildman–Crippen LogP) is 1.28. The molecule has 0 bridgehead atoms. The molecular formula is C10H14O3. The van der Waals surface area contributed by atoms with Crippen LogP contribution in [0.4, 0.5) is 0 Å². The molecular weight excluding hydrogens is 168 g/mol. The Bertz CT molecular complexity index is 247. The van der Waals surface area contributed by atoms with E-state index in [1.807, 2.05) is 6.08 Å². The molecule has 1 spiro atoms. The number of methoxy groups -OCH3 is 1. The van der Waals surface area contributed by atoms with Crippen molar-refractivity contribution in [1.29, 1.82) is 0 Å². The molecule has 1 aliphatic carbocycles. The number of rotatable bonds is 1. The minimum absolute atomic E-state index is 0.0350. The molecule has 0 N–H and O–H groups in total. The summed E-state index contributed by atoms with van der Waals surface area (Å²) in [4.78, 5) is 11.3. The molecule has 1 saturated carbocycles. The standard InChI is InChI=1S/C10H14O3/c1-12-9(11)8-3-5-10(7-8)4-2-6-13-10/h2,4,8H,3,5-7H2,1H3. The summed E-state index contributed by atoms with van der Waals surface area (Å²) in [6.45, 7) is 0.688. The van der Waals surface area contributed by atoms with Gasteiger partial charge in [-0.1, -0.05) is 12.2 Å². The molecule has 3 heteroatoms. The van der Waals surface area contributed by atoms with E-state index < -0.39 is 0 Å². The van der Waals surface area contributed by atoms with Crippen molar-refractivity contribution in [3.05, 3.63) is 12.2 Å². The second-order valence-corrected chi connectivity index (χ2v) is 3.74. The van der Waals surface area contributed by atoms with Crippen molar-refractivity contribution in [1.82, 2.24) is 0 Å². The van der Waals surface area contributed by atoms with Gasteiger partial charge in [-0.25, -0.2) is 0 Å². The summed E-state index contributed by atoms with van der Waals surface area (Å²) in [5.41, 5.74) is -0.140. The summed E-state index contributed by atoms with van der Waals surface area (Å²) in [7, 11) is 1.44. The zero-order valence-electron chi connectivity index (χ0n) is 7.79. The van der Waals surface area contributed by atoms with Crippen LogP contribution in [0.1, 0.15) is 19.3 Å². The summed E-state index contributed by atoms with van der Waals surface area (Å²) in [5, 5.41) is 0. The minimum Gasteiger partial charge on any atom is -0.469 e. The number of hydrogen-bond donors (Lipinski definition) is 0. The van der Waals surface area contributed by atoms with Crippen LogP contribution >= 0.6 is 0 Å². The molecule has 2 unspecified atom stereocenters. The van der Waals surface area contributed by atoms with E-state index in [-0.39, 0.29) is 17.5 Å². The van der Waals surface area contributed by atoms with Crippen LogP contribution in [0.5, 0.6) is 0 Å². The smallest absolute Gasteiger partial charge is 0.308 e. The highest BCUT2D eigenvalue weighted by molar-refractivity contribution is 5.73. The zero-order chi connectivity index (χ0) is 9.31. The van der Waals surface area contributed by atoms with Gasteiger partial charge in [0.2, 0.25) is 0 Å². The van der Waals surface area contributed by atoms with Crippen molar-refractivity contribution in [3.8, 4) is 0 Å². The van der Waals surface area contributed by atoms with Crippen LogP contribution < -0.4 is 0 Å². The third kappa shape index (κ3) is 1.48. The van der Waals surface area contributed by atoms with Gasteiger partial charge in [0.05, 0.1) is 25.2 Å². The van der Waals surface area contributed by atoms with Gasteiger partial charge >= 0.3 is 5.97 Å². The summed E-state index contributed by atoms with van der Waals surface area (Å²) < 4.78 is 10.3. The van der Waals surface area contributed by atoms with Crippen molar-refractivity contribution < 1.29 is 14.3 Å². The van der Waals surface area contributed by atoms with E-state index >= 15 is 0 Å². The SMILES string of the molecule is COC(=O)C1CCC2(C=CCO2)C1. The lowest BCUT2D eigenvalue weighted by atomic mass is 10.0. The van der Waals surface area contributed by atoms with Crippen molar-refractivity contribution in [2.45, 2.75) is 24.9 Å². The molecule has 3 nitrogen and oxygen atoms in total. The average molecular weight is 182 g/mol. The zero-order valence-corrected chi connectivity index (χ0v) is 7.79. The maximum Gasteiger partial charge on any atom is 0.308 e. The van der Waals surface area contributed by atoms with E-state index in [9.17, 15) is 4.79 Å². The van der Waals surface area contributed by atoms with Crippen molar-refractivity contribution in [2.75, 3.05) is 13.7 Å². The van der Waals surface area contributed by atoms with Crippen LogP contribution in [0.2, 0.25) is 0 Å². The first kappa shape index (κ1) is 8.75. The Kier molecular flexibility index (Phi) is 2.12. The van der Waals surface area contributed by atoms with Gasteiger partial charge in [-0.05, 0) is 19.3 Å². The summed E-state index contributed by atoms with van der Waals surface area (Å²) >= 11 is 0. The van der Waals surface area contributed by atoms with Crippen molar-refractivity contribution in [2.24, 2.45) is 5.92 Å². The van der Waals surface area contributed by atoms with Crippen LogP contribution in [0.3, 0.4) is 0 Å². The third-order valence-electron chi connectivity index (χ3n) is 2.93. The van der Waals surface area contributed by atoms with Crippen molar-refractivity contribution >= 4 is 5.97 Å². The van der Waals surface area contributed by atoms with Gasteiger partial charge in [-0.15, -0.1) is 0 Å². The quantitative estimate of drug-likeness (QED) is 0.452. The van der Waals surface area contributed by atoms with Crippen LogP contribution in [0.25, 0.3) is 0 Å². The molecule has 1 fully saturated rings. The number of hydrogen-bond acceptors (Lipinski definition) is 3. The second-order valence-electron chi connectivity index (χ2n) is 3.74. The molecule has 2 rings (SSSR count). The fourth-order valence-electron chi connectivity index (χ4n) is 2.22. The Hall–Kier alpha value is -0.830. The molecule has 13 heavy (non-hydrogen) atoms. The number of carbonyl (C=O) groups is 1. The van der Waals surface area contributed by atoms with E-state index in [0.29, 0.717) is 6.61 Å². The Morgan fingerprint density at radius 1 is 1.69 bits per heavy atom. The van der Waals surface area contributed by atoms with E-state index in [0.717, 1.165) is 19.3 Å². The van der Waals surface area contributed by atoms with Gasteiger partial charge in [0, 0.05) is 0 Å². The predicted molar refractivity (Wildman–Crippen MR) is 47.2 cm³/mol. The molecule has 0 aromatic rings. The van der Waals surface area contributed by atoms with Crippen molar-refractivity contribution in [3.63, 3.8) is 0 Å². The first-order valence-corrected chi connectivity index (χ1v) is 4.65. The lowest BCUT2D eigenvalue weighted by Crippen LogP contribution is -2.24. The highest BCUT2D eigenvalue weighted by Gasteiger charge is 2.42. The maximum absolute atomic E-state index is 11.3. The van der Waals surface area contributed by atoms with Gasteiger partial charge < -0.3 is 9.47 Å². The molecule has 0 radical (unpaired) electrons. The van der Waals surface area contributed by atoms with Gasteiger partial charge in [0.1, 0.15) is 0 Å². The molecule has 0 aromatic carbocycles. The lowest BCUT2D eigenvalue weighted by Gasteiger charge is -2.20. The number of carbonyl (C=O) groups excluding carboxylic acids is 1. The van der Waals surface area contributed by atoms with E-state index in [4.69, 9.17) is 9.47 Å². The molecule has 0 amide bonds. The first-order valence-electron chi connectivity index (χ1n) is 4.65. The lowest BCUT2D eigenvalue weighted by molar-refractivity contribution is -0.145. The number of esters is 1. The minimum atomic E-state index is -0.140. The maximum atomic E-state index is 11.3. The van der Waals surface area contributed by atoms with Gasteiger partial charge in [-0.2, -0.15) is 0 Å². The molecule has 72 valence electrons. The molecule has 0 aromatic heterocycles. The van der Waals surface area contributed by atoms with Crippen LogP contribution in [-0.4, -0.2) is 25.3 Å². The molecule has 2 aliphatic rings. The normalized spacial score (nSPS) is 37.2. The van der Waals surface area contributed by atoms with Crippen LogP contribution in [-0.2, 0) is 14.3 Å². The summed E-state index contributed by atoms with van der Waals surface area (Å²) in [6, 6.07) is 0. The highest BCUT2D eigenvalue weighted by atomic mass is 16.5. The van der Waals surface area contributed by atoms with Gasteiger partial charge in [-0.3, -0.25) is 4.79 Å². The molecule has 1 heterocycles. The largest absolute Gasteiger partial charge is 0.469 e. The van der Waals surface area contributed by atoms with Crippen LogP contribution in [0.15, 0.2) is 12.2 Å². The monoisotopic (exact) mass is 182 g/mol. The van der Waals surface area contributed by atoms with Gasteiger partial charge in [0.15, 0.2) is 0 Å². The summed E-state index contributed by atoms with van der Waals surface area (Å²) in [5.74, 6) is -0.0616. The average Bonchev–Trinajstić information content (AvgIpc) is 2.76. The Morgan fingerprint density at radius 2 is 2.54 bits per heavy atom. The highest BCUT2D eigenvalue weighted by Crippen LogP contribution is 2.41. The van der Waals surface area contributed by atoms with E-state index in [1.54, 1.807) is 0 Å².